The molecule has 24 heavy (non-hydrogen) atoms. The average Bonchev–Trinajstić information content (AvgIpc) is 3.21. The van der Waals surface area contributed by atoms with Gasteiger partial charge >= 0.3 is 0 Å². The zero-order valence-corrected chi connectivity index (χ0v) is 13.8. The molecule has 3 heterocycles. The molecule has 0 radical (unpaired) electrons. The van der Waals surface area contributed by atoms with Crippen molar-refractivity contribution < 1.29 is 14.2 Å². The molecule has 0 fully saturated rings. The Hall–Kier alpha value is -2.96. The van der Waals surface area contributed by atoms with Gasteiger partial charge in [0.15, 0.2) is 11.5 Å². The highest BCUT2D eigenvalue weighted by molar-refractivity contribution is 5.71. The zero-order valence-electron chi connectivity index (χ0n) is 13.8. The standard InChI is InChI=1S/C17H18N4O3/c1-11-13(10-19-20(11)2)21-5-4-18-17(21)12-8-15-16(9-14(12)22-3)24-7-6-23-15/h4-5,8-10H,6-7H2,1-3H3. The van der Waals surface area contributed by atoms with Gasteiger partial charge in [-0.05, 0) is 13.0 Å². The Morgan fingerprint density at radius 3 is 2.58 bits per heavy atom. The van der Waals surface area contributed by atoms with Crippen molar-refractivity contribution in [1.29, 1.82) is 0 Å². The number of aromatic nitrogens is 4. The van der Waals surface area contributed by atoms with Gasteiger partial charge in [-0.15, -0.1) is 0 Å². The number of fused-ring (bicyclic) bond motifs is 1. The van der Waals surface area contributed by atoms with Gasteiger partial charge in [0.2, 0.25) is 0 Å². The lowest BCUT2D eigenvalue weighted by atomic mass is 10.1. The molecule has 7 heteroatoms. The van der Waals surface area contributed by atoms with Crippen LogP contribution in [0.4, 0.5) is 0 Å². The van der Waals surface area contributed by atoms with Crippen molar-refractivity contribution >= 4 is 0 Å². The zero-order chi connectivity index (χ0) is 16.7. The molecule has 124 valence electrons. The molecule has 7 nitrogen and oxygen atoms in total. The quantitative estimate of drug-likeness (QED) is 0.739. The minimum absolute atomic E-state index is 0.537. The van der Waals surface area contributed by atoms with Crippen LogP contribution in [0.3, 0.4) is 0 Å². The Labute approximate surface area is 139 Å². The number of hydrogen-bond acceptors (Lipinski definition) is 5. The number of aryl methyl sites for hydroxylation is 1. The largest absolute Gasteiger partial charge is 0.496 e. The van der Waals surface area contributed by atoms with Crippen LogP contribution < -0.4 is 14.2 Å². The van der Waals surface area contributed by atoms with Gasteiger partial charge in [0, 0.05) is 25.5 Å². The van der Waals surface area contributed by atoms with Crippen molar-refractivity contribution in [3.05, 3.63) is 36.4 Å². The molecule has 0 saturated heterocycles. The summed E-state index contributed by atoms with van der Waals surface area (Å²) in [6.45, 7) is 3.10. The van der Waals surface area contributed by atoms with Crippen molar-refractivity contribution in [2.45, 2.75) is 6.92 Å². The molecule has 2 aromatic heterocycles. The Balaban J connectivity index is 1.88. The fourth-order valence-corrected chi connectivity index (χ4v) is 2.83. The van der Waals surface area contributed by atoms with E-state index >= 15 is 0 Å². The molecule has 1 aliphatic heterocycles. The summed E-state index contributed by atoms with van der Waals surface area (Å²) < 4.78 is 20.7. The lowest BCUT2D eigenvalue weighted by Crippen LogP contribution is -2.15. The van der Waals surface area contributed by atoms with E-state index in [0.29, 0.717) is 30.5 Å². The Kier molecular flexibility index (Phi) is 3.41. The predicted molar refractivity (Wildman–Crippen MR) is 88.0 cm³/mol. The minimum Gasteiger partial charge on any atom is -0.496 e. The summed E-state index contributed by atoms with van der Waals surface area (Å²) in [6, 6.07) is 3.76. The summed E-state index contributed by atoms with van der Waals surface area (Å²) in [7, 11) is 3.55. The molecule has 1 aliphatic rings. The van der Waals surface area contributed by atoms with Crippen LogP contribution in [-0.4, -0.2) is 39.7 Å². The molecular formula is C17H18N4O3. The van der Waals surface area contributed by atoms with Crippen LogP contribution >= 0.6 is 0 Å². The summed E-state index contributed by atoms with van der Waals surface area (Å²) in [4.78, 5) is 4.52. The van der Waals surface area contributed by atoms with Gasteiger partial charge in [0.25, 0.3) is 0 Å². The maximum atomic E-state index is 5.70. The van der Waals surface area contributed by atoms with Crippen LogP contribution in [0.25, 0.3) is 17.1 Å². The van der Waals surface area contributed by atoms with Gasteiger partial charge < -0.3 is 14.2 Å². The van der Waals surface area contributed by atoms with Crippen molar-refractivity contribution in [3.8, 4) is 34.3 Å². The summed E-state index contributed by atoms with van der Waals surface area (Å²) >= 11 is 0. The lowest BCUT2D eigenvalue weighted by molar-refractivity contribution is 0.171. The van der Waals surface area contributed by atoms with Crippen molar-refractivity contribution in [1.82, 2.24) is 19.3 Å². The fraction of sp³-hybridized carbons (Fsp3) is 0.294. The van der Waals surface area contributed by atoms with Crippen LogP contribution in [0.2, 0.25) is 0 Å². The molecule has 0 aliphatic carbocycles. The summed E-state index contributed by atoms with van der Waals surface area (Å²) in [6.07, 6.45) is 5.50. The maximum Gasteiger partial charge on any atom is 0.165 e. The van der Waals surface area contributed by atoms with Gasteiger partial charge in [-0.25, -0.2) is 4.98 Å². The first-order valence-electron chi connectivity index (χ1n) is 7.69. The van der Waals surface area contributed by atoms with Crippen LogP contribution in [0.15, 0.2) is 30.7 Å². The molecule has 0 amide bonds. The van der Waals surface area contributed by atoms with E-state index in [-0.39, 0.29) is 0 Å². The smallest absolute Gasteiger partial charge is 0.165 e. The maximum absolute atomic E-state index is 5.70. The molecule has 0 unspecified atom stereocenters. The normalized spacial score (nSPS) is 13.1. The SMILES string of the molecule is COc1cc2c(cc1-c1nccn1-c1cnn(C)c1C)OCCO2. The first-order chi connectivity index (χ1) is 11.7. The van der Waals surface area contributed by atoms with Crippen LogP contribution in [0, 0.1) is 6.92 Å². The summed E-state index contributed by atoms with van der Waals surface area (Å²) in [5.74, 6) is 2.85. The molecule has 0 atom stereocenters. The molecule has 0 bridgehead atoms. The van der Waals surface area contributed by atoms with E-state index in [1.807, 2.05) is 47.7 Å². The number of methoxy groups -OCH3 is 1. The highest BCUT2D eigenvalue weighted by atomic mass is 16.6. The number of rotatable bonds is 3. The van der Waals surface area contributed by atoms with Gasteiger partial charge in [0.1, 0.15) is 24.8 Å². The minimum atomic E-state index is 0.537. The van der Waals surface area contributed by atoms with E-state index in [2.05, 4.69) is 10.1 Å². The second-order valence-corrected chi connectivity index (χ2v) is 5.56. The van der Waals surface area contributed by atoms with Crippen molar-refractivity contribution in [2.75, 3.05) is 20.3 Å². The van der Waals surface area contributed by atoms with E-state index in [4.69, 9.17) is 14.2 Å². The van der Waals surface area contributed by atoms with Crippen LogP contribution in [-0.2, 0) is 7.05 Å². The van der Waals surface area contributed by atoms with Crippen molar-refractivity contribution in [2.24, 2.45) is 7.05 Å². The van der Waals surface area contributed by atoms with Crippen LogP contribution in [0.1, 0.15) is 5.69 Å². The molecule has 4 rings (SSSR count). The number of hydrogen-bond donors (Lipinski definition) is 0. The van der Waals surface area contributed by atoms with E-state index in [1.165, 1.54) is 0 Å². The van der Waals surface area contributed by atoms with E-state index in [1.54, 1.807) is 13.3 Å². The van der Waals surface area contributed by atoms with E-state index in [0.717, 1.165) is 22.8 Å². The first-order valence-corrected chi connectivity index (χ1v) is 7.69. The summed E-state index contributed by atoms with van der Waals surface area (Å²) in [5.41, 5.74) is 2.86. The molecule has 1 aromatic carbocycles. The third-order valence-electron chi connectivity index (χ3n) is 4.21. The van der Waals surface area contributed by atoms with Gasteiger partial charge in [-0.2, -0.15) is 5.10 Å². The number of benzene rings is 1. The Morgan fingerprint density at radius 2 is 1.92 bits per heavy atom. The van der Waals surface area contributed by atoms with Gasteiger partial charge in [0.05, 0.1) is 30.3 Å². The van der Waals surface area contributed by atoms with Gasteiger partial charge in [-0.3, -0.25) is 9.25 Å². The number of ether oxygens (including phenoxy) is 3. The highest BCUT2D eigenvalue weighted by Crippen LogP contribution is 2.41. The predicted octanol–water partition coefficient (Wildman–Crippen LogP) is 2.36. The monoisotopic (exact) mass is 326 g/mol. The third kappa shape index (κ3) is 2.20. The van der Waals surface area contributed by atoms with Gasteiger partial charge in [-0.1, -0.05) is 0 Å². The molecular weight excluding hydrogens is 308 g/mol. The third-order valence-corrected chi connectivity index (χ3v) is 4.21. The lowest BCUT2D eigenvalue weighted by Gasteiger charge is -2.20. The average molecular weight is 326 g/mol. The Bertz CT molecular complexity index is 897. The topological polar surface area (TPSA) is 63.3 Å². The fourth-order valence-electron chi connectivity index (χ4n) is 2.83. The second kappa shape index (κ2) is 5.59. The second-order valence-electron chi connectivity index (χ2n) is 5.56. The van der Waals surface area contributed by atoms with Crippen LogP contribution in [0.5, 0.6) is 17.2 Å². The molecule has 0 saturated carbocycles. The molecule has 0 N–H and O–H groups in total. The van der Waals surface area contributed by atoms with E-state index in [9.17, 15) is 0 Å². The first kappa shape index (κ1) is 14.6. The molecule has 0 spiro atoms. The number of imidazole rings is 1. The summed E-state index contributed by atoms with van der Waals surface area (Å²) in [5, 5.41) is 4.31. The van der Waals surface area contributed by atoms with E-state index < -0.39 is 0 Å². The number of nitrogens with zero attached hydrogens (tertiary/aromatic N) is 4. The Morgan fingerprint density at radius 1 is 1.17 bits per heavy atom. The molecule has 3 aromatic rings. The highest BCUT2D eigenvalue weighted by Gasteiger charge is 2.21. The van der Waals surface area contributed by atoms with Crippen molar-refractivity contribution in [3.63, 3.8) is 0 Å².